The summed E-state index contributed by atoms with van der Waals surface area (Å²) in [5.41, 5.74) is 0.300. The molecule has 0 heterocycles. The number of aliphatic carboxylic acids is 1. The highest BCUT2D eigenvalue weighted by Crippen LogP contribution is 2.19. The normalized spacial score (nSPS) is 11.9. The van der Waals surface area contributed by atoms with Gasteiger partial charge in [-0.3, -0.25) is 0 Å². The lowest BCUT2D eigenvalue weighted by Crippen LogP contribution is -2.29. The minimum atomic E-state index is -1.16. The first-order valence-corrected chi connectivity index (χ1v) is 6.32. The van der Waals surface area contributed by atoms with E-state index in [1.807, 2.05) is 0 Å². The third-order valence-corrected chi connectivity index (χ3v) is 2.98. The predicted molar refractivity (Wildman–Crippen MR) is 73.6 cm³/mol. The Hall–Kier alpha value is -2.07. The van der Waals surface area contributed by atoms with Crippen molar-refractivity contribution in [2.24, 2.45) is 0 Å². The molecule has 0 aliphatic rings. The standard InChI is InChI=1S/C15H12ClFO3/c16-11-5-7-12(8-6-11)20-14(15(18)19)9-10-3-1-2-4-13(10)17/h1-8,14H,9H2,(H,18,19)/t14-/m0/s1. The lowest BCUT2D eigenvalue weighted by Gasteiger charge is -2.15. The van der Waals surface area contributed by atoms with Gasteiger partial charge in [0.2, 0.25) is 0 Å². The van der Waals surface area contributed by atoms with Crippen molar-refractivity contribution in [2.75, 3.05) is 0 Å². The van der Waals surface area contributed by atoms with E-state index < -0.39 is 17.9 Å². The van der Waals surface area contributed by atoms with Gasteiger partial charge in [-0.1, -0.05) is 29.8 Å². The van der Waals surface area contributed by atoms with Gasteiger partial charge in [-0.25, -0.2) is 9.18 Å². The minimum Gasteiger partial charge on any atom is -0.478 e. The quantitative estimate of drug-likeness (QED) is 0.917. The van der Waals surface area contributed by atoms with Crippen molar-refractivity contribution in [3.63, 3.8) is 0 Å². The van der Waals surface area contributed by atoms with Crippen molar-refractivity contribution in [3.05, 3.63) is 64.9 Å². The van der Waals surface area contributed by atoms with Gasteiger partial charge in [0.15, 0.2) is 6.10 Å². The largest absolute Gasteiger partial charge is 0.478 e. The molecule has 20 heavy (non-hydrogen) atoms. The number of carboxylic acids is 1. The maximum absolute atomic E-state index is 13.5. The van der Waals surface area contributed by atoms with Crippen LogP contribution < -0.4 is 4.74 Å². The fraction of sp³-hybridized carbons (Fsp3) is 0.133. The van der Waals surface area contributed by atoms with Crippen LogP contribution in [0.15, 0.2) is 48.5 Å². The van der Waals surface area contributed by atoms with Gasteiger partial charge in [0.05, 0.1) is 0 Å². The molecule has 0 saturated carbocycles. The van der Waals surface area contributed by atoms with E-state index >= 15 is 0 Å². The fourth-order valence-corrected chi connectivity index (χ4v) is 1.85. The van der Waals surface area contributed by atoms with Crippen LogP contribution in [0.2, 0.25) is 5.02 Å². The molecule has 0 amide bonds. The van der Waals surface area contributed by atoms with Gasteiger partial charge >= 0.3 is 5.97 Å². The highest BCUT2D eigenvalue weighted by molar-refractivity contribution is 6.30. The Morgan fingerprint density at radius 2 is 1.85 bits per heavy atom. The number of carbonyl (C=O) groups is 1. The van der Waals surface area contributed by atoms with E-state index in [1.54, 1.807) is 36.4 Å². The molecule has 2 aromatic carbocycles. The summed E-state index contributed by atoms with van der Waals surface area (Å²) in [6.07, 6.45) is -1.21. The summed E-state index contributed by atoms with van der Waals surface area (Å²) >= 11 is 5.74. The summed E-state index contributed by atoms with van der Waals surface area (Å²) in [6, 6.07) is 12.4. The van der Waals surface area contributed by atoms with Crippen molar-refractivity contribution < 1.29 is 19.0 Å². The van der Waals surface area contributed by atoms with Crippen LogP contribution in [-0.2, 0) is 11.2 Å². The summed E-state index contributed by atoms with van der Waals surface area (Å²) < 4.78 is 18.9. The molecule has 1 N–H and O–H groups in total. The lowest BCUT2D eigenvalue weighted by molar-refractivity contribution is -0.145. The highest BCUT2D eigenvalue weighted by atomic mass is 35.5. The highest BCUT2D eigenvalue weighted by Gasteiger charge is 2.21. The maximum Gasteiger partial charge on any atom is 0.345 e. The zero-order valence-electron chi connectivity index (χ0n) is 10.4. The second kappa shape index (κ2) is 6.39. The van der Waals surface area contributed by atoms with E-state index in [-0.39, 0.29) is 6.42 Å². The summed E-state index contributed by atoms with van der Waals surface area (Å²) in [6.45, 7) is 0. The first kappa shape index (κ1) is 14.3. The third-order valence-electron chi connectivity index (χ3n) is 2.73. The van der Waals surface area contributed by atoms with Crippen LogP contribution in [-0.4, -0.2) is 17.2 Å². The summed E-state index contributed by atoms with van der Waals surface area (Å²) in [7, 11) is 0. The monoisotopic (exact) mass is 294 g/mol. The smallest absolute Gasteiger partial charge is 0.345 e. The molecule has 1 atom stereocenters. The molecule has 5 heteroatoms. The molecule has 0 radical (unpaired) electrons. The van der Waals surface area contributed by atoms with Crippen LogP contribution in [0.5, 0.6) is 5.75 Å². The first-order chi connectivity index (χ1) is 9.56. The van der Waals surface area contributed by atoms with Crippen molar-refractivity contribution in [1.29, 1.82) is 0 Å². The number of ether oxygens (including phenoxy) is 1. The molecule has 0 aromatic heterocycles. The fourth-order valence-electron chi connectivity index (χ4n) is 1.72. The van der Waals surface area contributed by atoms with E-state index in [1.165, 1.54) is 12.1 Å². The second-order valence-electron chi connectivity index (χ2n) is 4.19. The van der Waals surface area contributed by atoms with E-state index in [9.17, 15) is 9.18 Å². The summed E-state index contributed by atoms with van der Waals surface area (Å²) in [5, 5.41) is 9.69. The Balaban J connectivity index is 2.14. The van der Waals surface area contributed by atoms with Crippen LogP contribution in [0.25, 0.3) is 0 Å². The topological polar surface area (TPSA) is 46.5 Å². The van der Waals surface area contributed by atoms with Crippen molar-refractivity contribution in [3.8, 4) is 5.75 Å². The molecule has 0 spiro atoms. The Bertz CT molecular complexity index is 598. The summed E-state index contributed by atoms with van der Waals surface area (Å²) in [4.78, 5) is 11.2. The number of rotatable bonds is 5. The van der Waals surface area contributed by atoms with Gasteiger partial charge in [-0.2, -0.15) is 0 Å². The number of hydrogen-bond donors (Lipinski definition) is 1. The van der Waals surface area contributed by atoms with Gasteiger partial charge in [0.25, 0.3) is 0 Å². The van der Waals surface area contributed by atoms with Gasteiger partial charge < -0.3 is 9.84 Å². The van der Waals surface area contributed by atoms with E-state index in [0.717, 1.165) is 0 Å². The van der Waals surface area contributed by atoms with Gasteiger partial charge in [-0.15, -0.1) is 0 Å². The third kappa shape index (κ3) is 3.71. The van der Waals surface area contributed by atoms with E-state index in [2.05, 4.69) is 0 Å². The van der Waals surface area contributed by atoms with Gasteiger partial charge in [0.1, 0.15) is 11.6 Å². The van der Waals surface area contributed by atoms with Crippen LogP contribution in [0.3, 0.4) is 0 Å². The molecule has 0 unspecified atom stereocenters. The van der Waals surface area contributed by atoms with E-state index in [0.29, 0.717) is 16.3 Å². The van der Waals surface area contributed by atoms with Gasteiger partial charge in [0, 0.05) is 11.4 Å². The molecule has 104 valence electrons. The Kier molecular flexibility index (Phi) is 4.58. The molecule has 0 fully saturated rings. The number of halogens is 2. The van der Waals surface area contributed by atoms with Crippen LogP contribution in [0, 0.1) is 5.82 Å². The van der Waals surface area contributed by atoms with Crippen LogP contribution >= 0.6 is 11.6 Å². The maximum atomic E-state index is 13.5. The van der Waals surface area contributed by atoms with Crippen molar-refractivity contribution in [2.45, 2.75) is 12.5 Å². The van der Waals surface area contributed by atoms with Crippen molar-refractivity contribution in [1.82, 2.24) is 0 Å². The zero-order chi connectivity index (χ0) is 14.5. The van der Waals surface area contributed by atoms with Crippen molar-refractivity contribution >= 4 is 17.6 Å². The molecular formula is C15H12ClFO3. The predicted octanol–water partition coefficient (Wildman–Crippen LogP) is 3.55. The molecule has 3 nitrogen and oxygen atoms in total. The average molecular weight is 295 g/mol. The molecule has 0 aliphatic heterocycles. The lowest BCUT2D eigenvalue weighted by atomic mass is 10.1. The molecule has 0 saturated heterocycles. The zero-order valence-corrected chi connectivity index (χ0v) is 11.2. The molecule has 2 aromatic rings. The Morgan fingerprint density at radius 1 is 1.20 bits per heavy atom. The van der Waals surface area contributed by atoms with Gasteiger partial charge in [-0.05, 0) is 35.9 Å². The minimum absolute atomic E-state index is 0.0510. The average Bonchev–Trinajstić information content (AvgIpc) is 2.42. The first-order valence-electron chi connectivity index (χ1n) is 5.94. The number of benzene rings is 2. The SMILES string of the molecule is O=C(O)[C@H](Cc1ccccc1F)Oc1ccc(Cl)cc1. The Labute approximate surface area is 120 Å². The second-order valence-corrected chi connectivity index (χ2v) is 4.63. The number of hydrogen-bond acceptors (Lipinski definition) is 2. The Morgan fingerprint density at radius 3 is 2.45 bits per heavy atom. The van der Waals surface area contributed by atoms with Crippen LogP contribution in [0.4, 0.5) is 4.39 Å². The molecule has 0 bridgehead atoms. The molecule has 0 aliphatic carbocycles. The summed E-state index contributed by atoms with van der Waals surface area (Å²) in [5.74, 6) is -1.22. The molecular weight excluding hydrogens is 283 g/mol. The number of carboxylic acid groups (broad SMARTS) is 1. The van der Waals surface area contributed by atoms with E-state index in [4.69, 9.17) is 21.4 Å². The molecule has 2 rings (SSSR count). The van der Waals surface area contributed by atoms with Crippen LogP contribution in [0.1, 0.15) is 5.56 Å².